The fraction of sp³-hybridized carbons (Fsp3) is 0.462. The van der Waals surface area contributed by atoms with Gasteiger partial charge in [-0.3, -0.25) is 9.00 Å². The Morgan fingerprint density at radius 2 is 2.35 bits per heavy atom. The molecule has 0 aliphatic carbocycles. The lowest BCUT2D eigenvalue weighted by Crippen LogP contribution is -2.30. The van der Waals surface area contributed by atoms with E-state index in [1.807, 2.05) is 6.92 Å². The van der Waals surface area contributed by atoms with Crippen molar-refractivity contribution in [3.63, 3.8) is 0 Å². The molecule has 1 aromatic carbocycles. The van der Waals surface area contributed by atoms with Gasteiger partial charge in [-0.1, -0.05) is 0 Å². The molecule has 1 heterocycles. The van der Waals surface area contributed by atoms with Crippen LogP contribution in [0.4, 0.5) is 15.8 Å². The largest absolute Gasteiger partial charge is 0.397 e. The Hall–Kier alpha value is -1.47. The number of halogens is 1. The van der Waals surface area contributed by atoms with E-state index in [4.69, 9.17) is 10.5 Å². The van der Waals surface area contributed by atoms with Crippen LogP contribution >= 0.6 is 0 Å². The Morgan fingerprint density at radius 3 is 2.95 bits per heavy atom. The highest BCUT2D eigenvalue weighted by molar-refractivity contribution is 7.86. The van der Waals surface area contributed by atoms with Crippen LogP contribution in [0.1, 0.15) is 13.3 Å². The van der Waals surface area contributed by atoms with Crippen LogP contribution in [-0.2, 0) is 20.3 Å². The van der Waals surface area contributed by atoms with Crippen molar-refractivity contribution in [3.8, 4) is 0 Å². The summed E-state index contributed by atoms with van der Waals surface area (Å²) < 4.78 is 30.3. The Labute approximate surface area is 119 Å². The van der Waals surface area contributed by atoms with Gasteiger partial charge in [-0.05, 0) is 31.5 Å². The molecule has 1 aliphatic heterocycles. The third kappa shape index (κ3) is 3.55. The second kappa shape index (κ2) is 6.32. The monoisotopic (exact) mass is 300 g/mol. The molecule has 3 unspecified atom stereocenters. The minimum absolute atomic E-state index is 0.0977. The highest BCUT2D eigenvalue weighted by atomic mass is 32.2. The Morgan fingerprint density at radius 1 is 1.60 bits per heavy atom. The topological polar surface area (TPSA) is 81.4 Å². The summed E-state index contributed by atoms with van der Waals surface area (Å²) in [6.07, 6.45) is 0.597. The molecule has 5 nitrogen and oxygen atoms in total. The first-order valence-electron chi connectivity index (χ1n) is 6.31. The Balaban J connectivity index is 1.93. The maximum absolute atomic E-state index is 12.9. The summed E-state index contributed by atoms with van der Waals surface area (Å²) in [5, 5.41) is 2.42. The predicted octanol–water partition coefficient (Wildman–Crippen LogP) is 1.27. The average molecular weight is 300 g/mol. The van der Waals surface area contributed by atoms with Gasteiger partial charge < -0.3 is 15.8 Å². The number of carbonyl (C=O) groups is 1. The van der Waals surface area contributed by atoms with Crippen LogP contribution in [0.2, 0.25) is 0 Å². The van der Waals surface area contributed by atoms with Gasteiger partial charge in [0.2, 0.25) is 5.91 Å². The summed E-state index contributed by atoms with van der Waals surface area (Å²) in [4.78, 5) is 11.8. The van der Waals surface area contributed by atoms with Crippen LogP contribution in [0.15, 0.2) is 18.2 Å². The van der Waals surface area contributed by atoms with Crippen molar-refractivity contribution in [2.24, 2.45) is 0 Å². The van der Waals surface area contributed by atoms with Gasteiger partial charge >= 0.3 is 0 Å². The van der Waals surface area contributed by atoms with E-state index in [0.717, 1.165) is 6.07 Å². The number of rotatable bonds is 4. The van der Waals surface area contributed by atoms with Crippen LogP contribution in [0.25, 0.3) is 0 Å². The van der Waals surface area contributed by atoms with Gasteiger partial charge in [0.05, 0.1) is 22.7 Å². The molecule has 0 bridgehead atoms. The van der Waals surface area contributed by atoms with E-state index >= 15 is 0 Å². The molecule has 3 N–H and O–H groups in total. The van der Waals surface area contributed by atoms with E-state index in [-0.39, 0.29) is 22.8 Å². The highest BCUT2D eigenvalue weighted by Crippen LogP contribution is 2.21. The molecule has 0 radical (unpaired) electrons. The van der Waals surface area contributed by atoms with Gasteiger partial charge in [0.1, 0.15) is 11.6 Å². The normalized spacial score (nSPS) is 23.5. The maximum atomic E-state index is 12.9. The van der Waals surface area contributed by atoms with Crippen molar-refractivity contribution in [2.75, 3.05) is 23.4 Å². The molecule has 2 rings (SSSR count). The average Bonchev–Trinajstić information content (AvgIpc) is 2.79. The second-order valence-electron chi connectivity index (χ2n) is 4.71. The molecular weight excluding hydrogens is 283 g/mol. The molecule has 1 saturated heterocycles. The number of benzene rings is 1. The first-order valence-corrected chi connectivity index (χ1v) is 7.69. The molecule has 7 heteroatoms. The molecule has 0 spiro atoms. The van der Waals surface area contributed by atoms with Gasteiger partial charge in [0.25, 0.3) is 0 Å². The van der Waals surface area contributed by atoms with Gasteiger partial charge in [0.15, 0.2) is 0 Å². The number of hydrogen-bond acceptors (Lipinski definition) is 4. The summed E-state index contributed by atoms with van der Waals surface area (Å²) in [5.41, 5.74) is 6.06. The number of nitrogen functional groups attached to an aromatic ring is 1. The van der Waals surface area contributed by atoms with Crippen molar-refractivity contribution < 1.29 is 18.1 Å². The molecule has 1 aromatic rings. The van der Waals surface area contributed by atoms with E-state index in [1.54, 1.807) is 0 Å². The fourth-order valence-electron chi connectivity index (χ4n) is 2.13. The molecular formula is C13H17FN2O3S. The molecule has 1 amide bonds. The van der Waals surface area contributed by atoms with E-state index in [2.05, 4.69) is 5.32 Å². The first-order chi connectivity index (χ1) is 9.47. The molecule has 110 valence electrons. The third-order valence-electron chi connectivity index (χ3n) is 3.21. The SMILES string of the molecule is CC1OCCC1S(=O)CC(=O)Nc1ccc(F)cc1N. The standard InChI is InChI=1S/C13H17FN2O3S/c1-8-12(4-5-19-8)20(18)7-13(17)16-11-3-2-9(14)6-10(11)15/h2-3,6,8,12H,4-5,7,15H2,1H3,(H,16,17). The van der Waals surface area contributed by atoms with E-state index in [0.29, 0.717) is 18.7 Å². The van der Waals surface area contributed by atoms with E-state index in [9.17, 15) is 13.4 Å². The number of ether oxygens (including phenoxy) is 1. The minimum Gasteiger partial charge on any atom is -0.397 e. The molecule has 3 atom stereocenters. The van der Waals surface area contributed by atoms with Gasteiger partial charge in [-0.25, -0.2) is 4.39 Å². The van der Waals surface area contributed by atoms with Crippen LogP contribution in [-0.4, -0.2) is 33.8 Å². The Bertz CT molecular complexity index is 538. The number of amides is 1. The Kier molecular flexibility index (Phi) is 4.72. The summed E-state index contributed by atoms with van der Waals surface area (Å²) in [6.45, 7) is 2.43. The van der Waals surface area contributed by atoms with E-state index < -0.39 is 22.5 Å². The van der Waals surface area contributed by atoms with Crippen LogP contribution in [0.5, 0.6) is 0 Å². The summed E-state index contributed by atoms with van der Waals surface area (Å²) >= 11 is 0. The van der Waals surface area contributed by atoms with Crippen LogP contribution in [0, 0.1) is 5.82 Å². The smallest absolute Gasteiger partial charge is 0.237 e. The lowest BCUT2D eigenvalue weighted by Gasteiger charge is -2.14. The summed E-state index contributed by atoms with van der Waals surface area (Å²) in [6, 6.07) is 3.71. The lowest BCUT2D eigenvalue weighted by molar-refractivity contribution is -0.113. The maximum Gasteiger partial charge on any atom is 0.237 e. The zero-order valence-electron chi connectivity index (χ0n) is 11.1. The van der Waals surface area contributed by atoms with Crippen molar-refractivity contribution >= 4 is 28.1 Å². The van der Waals surface area contributed by atoms with Crippen molar-refractivity contribution in [2.45, 2.75) is 24.7 Å². The highest BCUT2D eigenvalue weighted by Gasteiger charge is 2.30. The molecule has 20 heavy (non-hydrogen) atoms. The second-order valence-corrected chi connectivity index (χ2v) is 6.36. The quantitative estimate of drug-likeness (QED) is 0.821. The molecule has 1 fully saturated rings. The molecule has 0 saturated carbocycles. The molecule has 1 aliphatic rings. The third-order valence-corrected chi connectivity index (χ3v) is 5.05. The summed E-state index contributed by atoms with van der Waals surface area (Å²) in [5.74, 6) is -0.989. The lowest BCUT2D eigenvalue weighted by atomic mass is 10.2. The van der Waals surface area contributed by atoms with Crippen molar-refractivity contribution in [1.29, 1.82) is 0 Å². The number of carbonyl (C=O) groups excluding carboxylic acids is 1. The fourth-order valence-corrected chi connectivity index (χ4v) is 3.54. The van der Waals surface area contributed by atoms with Crippen molar-refractivity contribution in [1.82, 2.24) is 0 Å². The van der Waals surface area contributed by atoms with Crippen LogP contribution in [0.3, 0.4) is 0 Å². The zero-order valence-corrected chi connectivity index (χ0v) is 11.9. The molecule has 0 aromatic heterocycles. The van der Waals surface area contributed by atoms with Gasteiger partial charge in [0, 0.05) is 17.4 Å². The summed E-state index contributed by atoms with van der Waals surface area (Å²) in [7, 11) is -1.29. The zero-order chi connectivity index (χ0) is 14.7. The predicted molar refractivity (Wildman–Crippen MR) is 76.3 cm³/mol. The minimum atomic E-state index is -1.29. The van der Waals surface area contributed by atoms with Crippen LogP contribution < -0.4 is 11.1 Å². The number of nitrogens with one attached hydrogen (secondary N) is 1. The number of anilines is 2. The first kappa shape index (κ1) is 14.9. The van der Waals surface area contributed by atoms with Crippen molar-refractivity contribution in [3.05, 3.63) is 24.0 Å². The van der Waals surface area contributed by atoms with E-state index in [1.165, 1.54) is 12.1 Å². The number of hydrogen-bond donors (Lipinski definition) is 2. The van der Waals surface area contributed by atoms with Gasteiger partial charge in [-0.2, -0.15) is 0 Å². The van der Waals surface area contributed by atoms with Gasteiger partial charge in [-0.15, -0.1) is 0 Å². The number of nitrogens with two attached hydrogens (primary N) is 1.